The molecule has 1 saturated heterocycles. The highest BCUT2D eigenvalue weighted by Gasteiger charge is 2.73. The second kappa shape index (κ2) is 14.4. The van der Waals surface area contributed by atoms with Gasteiger partial charge in [-0.15, -0.1) is 0 Å². The molecule has 7 saturated carbocycles. The first-order valence-electron chi connectivity index (χ1n) is 25.6. The van der Waals surface area contributed by atoms with Crippen molar-refractivity contribution in [1.82, 2.24) is 0 Å². The molecule has 1 spiro atoms. The van der Waals surface area contributed by atoms with Gasteiger partial charge in [-0.2, -0.15) is 0 Å². The predicted molar refractivity (Wildman–Crippen MR) is 234 cm³/mol. The van der Waals surface area contributed by atoms with Gasteiger partial charge in [0.1, 0.15) is 0 Å². The lowest BCUT2D eigenvalue weighted by Crippen LogP contribution is -2.70. The summed E-state index contributed by atoms with van der Waals surface area (Å²) in [6, 6.07) is 0. The summed E-state index contributed by atoms with van der Waals surface area (Å²) in [5, 5.41) is 12.4. The summed E-state index contributed by atoms with van der Waals surface area (Å²) in [5.74, 6) is 10.3. The zero-order valence-corrected chi connectivity index (χ0v) is 38.6. The molecule has 9 rings (SSSR count). The number of allylic oxidation sites excluding steroid dienone is 1. The third kappa shape index (κ3) is 6.06. The summed E-state index contributed by atoms with van der Waals surface area (Å²) in [6.45, 7) is 26.1. The minimum atomic E-state index is -0.917. The van der Waals surface area contributed by atoms with Gasteiger partial charge in [-0.05, 0) is 194 Å². The van der Waals surface area contributed by atoms with Crippen molar-refractivity contribution in [3.63, 3.8) is 0 Å². The van der Waals surface area contributed by atoms with Gasteiger partial charge in [0.15, 0.2) is 5.79 Å². The molecule has 0 aromatic rings. The topological polar surface area (TPSA) is 29.5 Å². The fourth-order valence-electron chi connectivity index (χ4n) is 19.9. The van der Waals surface area contributed by atoms with E-state index in [9.17, 15) is 5.11 Å². The molecule has 4 unspecified atom stereocenters. The molecule has 8 fully saturated rings. The van der Waals surface area contributed by atoms with Crippen LogP contribution in [0.4, 0.5) is 0 Å². The molecular formula is C54H90O2. The lowest BCUT2D eigenvalue weighted by molar-refractivity contribution is -0.359. The average molecular weight is 771 g/mol. The van der Waals surface area contributed by atoms with Gasteiger partial charge < -0.3 is 9.84 Å². The predicted octanol–water partition coefficient (Wildman–Crippen LogP) is 14.8. The van der Waals surface area contributed by atoms with Crippen molar-refractivity contribution in [2.75, 3.05) is 0 Å². The smallest absolute Gasteiger partial charge is 0.166 e. The molecule has 1 N–H and O–H groups in total. The van der Waals surface area contributed by atoms with Crippen molar-refractivity contribution in [2.45, 2.75) is 222 Å². The molecule has 9 aliphatic rings. The third-order valence-corrected chi connectivity index (χ3v) is 22.6. The molecule has 2 heteroatoms. The van der Waals surface area contributed by atoms with Crippen molar-refractivity contribution in [1.29, 1.82) is 0 Å². The lowest BCUT2D eigenvalue weighted by Gasteiger charge is -2.73. The highest BCUT2D eigenvalue weighted by atomic mass is 16.6. The maximum absolute atomic E-state index is 12.4. The molecule has 0 radical (unpaired) electrons. The molecule has 0 aromatic carbocycles. The molecule has 0 aromatic heterocycles. The molecule has 0 amide bonds. The number of hydrogen-bond acceptors (Lipinski definition) is 2. The monoisotopic (exact) mass is 771 g/mol. The van der Waals surface area contributed by atoms with Gasteiger partial charge >= 0.3 is 0 Å². The minimum absolute atomic E-state index is 0.123. The van der Waals surface area contributed by atoms with Crippen LogP contribution in [0.3, 0.4) is 0 Å². The first-order valence-corrected chi connectivity index (χ1v) is 25.6. The van der Waals surface area contributed by atoms with E-state index in [1.807, 2.05) is 0 Å². The number of rotatable bonds is 10. The van der Waals surface area contributed by atoms with Gasteiger partial charge in [0.05, 0.1) is 6.10 Å². The summed E-state index contributed by atoms with van der Waals surface area (Å²) in [5.41, 5.74) is 3.69. The van der Waals surface area contributed by atoms with Gasteiger partial charge in [-0.25, -0.2) is 0 Å². The summed E-state index contributed by atoms with van der Waals surface area (Å²) in [6.07, 6.45) is 32.9. The molecule has 18 atom stereocenters. The third-order valence-electron chi connectivity index (χ3n) is 22.6. The minimum Gasteiger partial charge on any atom is -0.365 e. The summed E-state index contributed by atoms with van der Waals surface area (Å²) in [7, 11) is 0. The van der Waals surface area contributed by atoms with E-state index in [1.54, 1.807) is 5.57 Å². The number of aliphatic hydroxyl groups is 1. The van der Waals surface area contributed by atoms with E-state index in [1.165, 1.54) is 128 Å². The summed E-state index contributed by atoms with van der Waals surface area (Å²) >= 11 is 0. The molecule has 1 aliphatic heterocycles. The first kappa shape index (κ1) is 41.0. The molecular weight excluding hydrogens is 681 g/mol. The second-order valence-electron chi connectivity index (χ2n) is 25.6. The molecule has 56 heavy (non-hydrogen) atoms. The Hall–Kier alpha value is -0.340. The van der Waals surface area contributed by atoms with Gasteiger partial charge in [-0.3, -0.25) is 0 Å². The van der Waals surface area contributed by atoms with E-state index >= 15 is 0 Å². The maximum Gasteiger partial charge on any atom is 0.166 e. The molecule has 1 heterocycles. The van der Waals surface area contributed by atoms with Gasteiger partial charge in [-0.1, -0.05) is 119 Å². The molecule has 2 nitrogen and oxygen atoms in total. The van der Waals surface area contributed by atoms with Crippen molar-refractivity contribution in [2.24, 2.45) is 104 Å². The Balaban J connectivity index is 0.964. The number of ether oxygens (including phenoxy) is 1. The van der Waals surface area contributed by atoms with E-state index in [0.717, 1.165) is 83.9 Å². The van der Waals surface area contributed by atoms with Gasteiger partial charge in [0.2, 0.25) is 0 Å². The lowest BCUT2D eigenvalue weighted by atomic mass is 9.34. The quantitative estimate of drug-likeness (QED) is 0.224. The van der Waals surface area contributed by atoms with E-state index in [-0.39, 0.29) is 11.5 Å². The highest BCUT2D eigenvalue weighted by Crippen LogP contribution is 2.78. The average Bonchev–Trinajstić information content (AvgIpc) is 3.68. The van der Waals surface area contributed by atoms with E-state index in [2.05, 4.69) is 75.3 Å². The molecule has 8 aliphatic carbocycles. The van der Waals surface area contributed by atoms with Crippen LogP contribution in [0.25, 0.3) is 0 Å². The van der Waals surface area contributed by atoms with Crippen molar-refractivity contribution >= 4 is 0 Å². The first-order chi connectivity index (χ1) is 26.5. The molecule has 318 valence electrons. The van der Waals surface area contributed by atoms with Crippen molar-refractivity contribution in [3.05, 3.63) is 11.6 Å². The Kier molecular flexibility index (Phi) is 10.5. The van der Waals surface area contributed by atoms with E-state index in [0.29, 0.717) is 27.6 Å². The van der Waals surface area contributed by atoms with E-state index in [4.69, 9.17) is 4.74 Å². The zero-order chi connectivity index (χ0) is 39.6. The SMILES string of the molecule is CC(C)CCC[C@@H](C)[C@H]1CC[C@H]2[C@@H]3CCC4=CC5OC6(O)CC[C@]7(C)[C@H]8CC[C@]9(C)[C@@H]([C@H](C)CCCC(C)C)CC[C@H]9[C@@H]8CCC7(C6)C5C[C@]4(C)[C@H]3CC[C@]12C. The number of fused-ring (bicyclic) bond motifs is 11. The van der Waals surface area contributed by atoms with Crippen LogP contribution in [-0.2, 0) is 4.74 Å². The Morgan fingerprint density at radius 1 is 0.607 bits per heavy atom. The fourth-order valence-corrected chi connectivity index (χ4v) is 19.9. The van der Waals surface area contributed by atoms with Crippen LogP contribution in [0, 0.1) is 104 Å². The Labute approximate surface area is 346 Å². The zero-order valence-electron chi connectivity index (χ0n) is 38.6. The van der Waals surface area contributed by atoms with Crippen molar-refractivity contribution in [3.8, 4) is 0 Å². The number of hydrogen-bond donors (Lipinski definition) is 1. The Morgan fingerprint density at radius 2 is 1.18 bits per heavy atom. The van der Waals surface area contributed by atoms with Crippen molar-refractivity contribution < 1.29 is 9.84 Å². The second-order valence-corrected chi connectivity index (χ2v) is 25.6. The highest BCUT2D eigenvalue weighted by molar-refractivity contribution is 5.31. The van der Waals surface area contributed by atoms with Gasteiger partial charge in [0.25, 0.3) is 0 Å². The normalized spacial score (nSPS) is 52.8. The fraction of sp³-hybridized carbons (Fsp3) is 0.963. The Morgan fingerprint density at radius 3 is 1.77 bits per heavy atom. The van der Waals surface area contributed by atoms with Crippen LogP contribution in [0.2, 0.25) is 0 Å². The largest absolute Gasteiger partial charge is 0.365 e. The summed E-state index contributed by atoms with van der Waals surface area (Å²) < 4.78 is 7.03. The maximum atomic E-state index is 12.4. The van der Waals surface area contributed by atoms with Crippen LogP contribution in [0.15, 0.2) is 11.6 Å². The van der Waals surface area contributed by atoms with Crippen LogP contribution in [-0.4, -0.2) is 17.0 Å². The van der Waals surface area contributed by atoms with Crippen LogP contribution in [0.1, 0.15) is 210 Å². The van der Waals surface area contributed by atoms with Crippen LogP contribution < -0.4 is 0 Å². The van der Waals surface area contributed by atoms with E-state index < -0.39 is 5.79 Å². The molecule has 2 bridgehead atoms. The van der Waals surface area contributed by atoms with Crippen LogP contribution in [0.5, 0.6) is 0 Å². The summed E-state index contributed by atoms with van der Waals surface area (Å²) in [4.78, 5) is 0. The Bertz CT molecular complexity index is 1480. The van der Waals surface area contributed by atoms with Gasteiger partial charge in [0, 0.05) is 12.8 Å². The standard InChI is InChI=1S/C54H90O2/c1-34(2)13-11-15-36(5)41-19-21-43-39-18-17-38-31-48-47(32-51(38,9)45(39)24-26-49(41,43)7)53-28-23-40-44-22-20-42(37(6)16-12-14-35(3)4)50(44,8)27-25-46(40)52(53,10)29-30-54(55,33-53)56-48/h31,34-37,39-48,55H,11-30,32-33H2,1-10H3/t36-,37-,39+,40+,41-,42-,43+,44+,45+,46+,47?,48?,49-,50-,51+,52-,53?,54?/m1/s1. The van der Waals surface area contributed by atoms with Crippen LogP contribution >= 0.6 is 0 Å².